The van der Waals surface area contributed by atoms with Gasteiger partial charge in [0.1, 0.15) is 0 Å². The third-order valence-electron chi connectivity index (χ3n) is 5.33. The molecule has 0 aromatic carbocycles. The number of carbonyl (C=O) groups is 1. The molecule has 1 aliphatic heterocycles. The maximum absolute atomic E-state index is 12.4. The average Bonchev–Trinajstić information content (AvgIpc) is 2.49. The predicted octanol–water partition coefficient (Wildman–Crippen LogP) is 1.84. The first-order chi connectivity index (χ1) is 9.60. The van der Waals surface area contributed by atoms with Crippen LogP contribution in [0.25, 0.3) is 0 Å². The molecule has 2 fully saturated rings. The second-order valence-electron chi connectivity index (χ2n) is 6.70. The average molecular weight is 281 g/mol. The second kappa shape index (κ2) is 7.41. The minimum absolute atomic E-state index is 0.292. The van der Waals surface area contributed by atoms with E-state index in [4.69, 9.17) is 5.73 Å². The lowest BCUT2D eigenvalue weighted by Gasteiger charge is -2.36. The summed E-state index contributed by atoms with van der Waals surface area (Å²) in [6.07, 6.45) is 8.29. The van der Waals surface area contributed by atoms with E-state index in [1.165, 1.54) is 32.1 Å². The molecule has 116 valence electrons. The lowest BCUT2D eigenvalue weighted by atomic mass is 9.84. The standard InChI is InChI=1S/C16H31N3O/c1-3-13-4-6-15(7-5-13)18(2)16(20)12-19-10-8-14(17)9-11-19/h13-15H,3-12,17H2,1-2H3. The number of nitrogens with zero attached hydrogens (tertiary/aromatic N) is 2. The summed E-state index contributed by atoms with van der Waals surface area (Å²) < 4.78 is 0. The van der Waals surface area contributed by atoms with E-state index in [1.54, 1.807) is 0 Å². The van der Waals surface area contributed by atoms with E-state index in [1.807, 2.05) is 11.9 Å². The molecule has 2 rings (SSSR count). The zero-order chi connectivity index (χ0) is 14.5. The van der Waals surface area contributed by atoms with Crippen LogP contribution in [0.2, 0.25) is 0 Å². The smallest absolute Gasteiger partial charge is 0.236 e. The molecule has 4 heteroatoms. The Bertz CT molecular complexity index is 305. The third-order valence-corrected chi connectivity index (χ3v) is 5.33. The van der Waals surface area contributed by atoms with Crippen LogP contribution in [0, 0.1) is 5.92 Å². The number of hydrogen-bond donors (Lipinski definition) is 1. The number of nitrogens with two attached hydrogens (primary N) is 1. The molecular weight excluding hydrogens is 250 g/mol. The Balaban J connectivity index is 1.74. The summed E-state index contributed by atoms with van der Waals surface area (Å²) in [5, 5.41) is 0. The topological polar surface area (TPSA) is 49.6 Å². The molecule has 0 aromatic heterocycles. The van der Waals surface area contributed by atoms with Gasteiger partial charge in [-0.3, -0.25) is 9.69 Å². The quantitative estimate of drug-likeness (QED) is 0.855. The molecule has 4 nitrogen and oxygen atoms in total. The maximum Gasteiger partial charge on any atom is 0.236 e. The van der Waals surface area contributed by atoms with Crippen molar-refractivity contribution in [3.63, 3.8) is 0 Å². The number of amides is 1. The van der Waals surface area contributed by atoms with Crippen molar-refractivity contribution in [1.82, 2.24) is 9.80 Å². The Morgan fingerprint density at radius 1 is 1.15 bits per heavy atom. The Morgan fingerprint density at radius 3 is 2.30 bits per heavy atom. The molecule has 1 aliphatic carbocycles. The summed E-state index contributed by atoms with van der Waals surface area (Å²) in [5.41, 5.74) is 5.91. The van der Waals surface area contributed by atoms with Crippen LogP contribution in [0.5, 0.6) is 0 Å². The first-order valence-electron chi connectivity index (χ1n) is 8.33. The highest BCUT2D eigenvalue weighted by atomic mass is 16.2. The van der Waals surface area contributed by atoms with Gasteiger partial charge in [-0.05, 0) is 44.4 Å². The van der Waals surface area contributed by atoms with Gasteiger partial charge in [0.2, 0.25) is 5.91 Å². The zero-order valence-corrected chi connectivity index (χ0v) is 13.2. The highest BCUT2D eigenvalue weighted by molar-refractivity contribution is 5.78. The molecule has 0 unspecified atom stereocenters. The fourth-order valence-electron chi connectivity index (χ4n) is 3.56. The van der Waals surface area contributed by atoms with Crippen molar-refractivity contribution in [2.24, 2.45) is 11.7 Å². The van der Waals surface area contributed by atoms with Crippen molar-refractivity contribution in [2.75, 3.05) is 26.7 Å². The Kier molecular flexibility index (Phi) is 5.85. The number of piperidine rings is 1. The number of likely N-dealkylation sites (N-methyl/N-ethyl adjacent to an activating group) is 1. The lowest BCUT2D eigenvalue weighted by Crippen LogP contribution is -2.47. The number of carbonyl (C=O) groups excluding carboxylic acids is 1. The molecular formula is C16H31N3O. The number of likely N-dealkylation sites (tertiary alicyclic amines) is 1. The molecule has 1 saturated heterocycles. The Morgan fingerprint density at radius 2 is 1.75 bits per heavy atom. The van der Waals surface area contributed by atoms with Crippen LogP contribution in [0.4, 0.5) is 0 Å². The van der Waals surface area contributed by atoms with E-state index in [2.05, 4.69) is 11.8 Å². The van der Waals surface area contributed by atoms with Crippen molar-refractivity contribution in [3.05, 3.63) is 0 Å². The van der Waals surface area contributed by atoms with Crippen LogP contribution in [-0.4, -0.2) is 54.5 Å². The van der Waals surface area contributed by atoms with E-state index in [0.29, 0.717) is 24.5 Å². The molecule has 2 aliphatic rings. The van der Waals surface area contributed by atoms with E-state index < -0.39 is 0 Å². The number of rotatable bonds is 4. The van der Waals surface area contributed by atoms with Crippen molar-refractivity contribution in [1.29, 1.82) is 0 Å². The van der Waals surface area contributed by atoms with Crippen molar-refractivity contribution in [2.45, 2.75) is 64.0 Å². The van der Waals surface area contributed by atoms with Gasteiger partial charge in [-0.15, -0.1) is 0 Å². The van der Waals surface area contributed by atoms with Gasteiger partial charge in [0.15, 0.2) is 0 Å². The van der Waals surface area contributed by atoms with Gasteiger partial charge >= 0.3 is 0 Å². The van der Waals surface area contributed by atoms with Gasteiger partial charge in [0.25, 0.3) is 0 Å². The summed E-state index contributed by atoms with van der Waals surface area (Å²) in [7, 11) is 1.99. The predicted molar refractivity (Wildman–Crippen MR) is 82.5 cm³/mol. The molecule has 0 radical (unpaired) electrons. The van der Waals surface area contributed by atoms with E-state index in [0.717, 1.165) is 31.8 Å². The summed E-state index contributed by atoms with van der Waals surface area (Å²) >= 11 is 0. The van der Waals surface area contributed by atoms with Gasteiger partial charge in [-0.2, -0.15) is 0 Å². The fourth-order valence-corrected chi connectivity index (χ4v) is 3.56. The molecule has 0 atom stereocenters. The first-order valence-corrected chi connectivity index (χ1v) is 8.33. The van der Waals surface area contributed by atoms with Gasteiger partial charge < -0.3 is 10.6 Å². The van der Waals surface area contributed by atoms with Crippen LogP contribution in [0.3, 0.4) is 0 Å². The largest absolute Gasteiger partial charge is 0.342 e. The van der Waals surface area contributed by atoms with Gasteiger partial charge in [0, 0.05) is 32.2 Å². The van der Waals surface area contributed by atoms with Crippen LogP contribution in [0.1, 0.15) is 51.9 Å². The minimum atomic E-state index is 0.292. The lowest BCUT2D eigenvalue weighted by molar-refractivity contribution is -0.134. The maximum atomic E-state index is 12.4. The fraction of sp³-hybridized carbons (Fsp3) is 0.938. The molecule has 2 N–H and O–H groups in total. The zero-order valence-electron chi connectivity index (χ0n) is 13.2. The van der Waals surface area contributed by atoms with E-state index in [-0.39, 0.29) is 0 Å². The monoisotopic (exact) mass is 281 g/mol. The Labute approximate surface area is 123 Å². The molecule has 1 heterocycles. The number of hydrogen-bond acceptors (Lipinski definition) is 3. The SMILES string of the molecule is CCC1CCC(N(C)C(=O)CN2CCC(N)CC2)CC1. The molecule has 1 saturated carbocycles. The van der Waals surface area contributed by atoms with Crippen molar-refractivity contribution < 1.29 is 4.79 Å². The summed E-state index contributed by atoms with van der Waals surface area (Å²) in [6, 6.07) is 0.806. The molecule has 20 heavy (non-hydrogen) atoms. The second-order valence-corrected chi connectivity index (χ2v) is 6.70. The Hall–Kier alpha value is -0.610. The molecule has 1 amide bonds. The third kappa shape index (κ3) is 4.19. The van der Waals surface area contributed by atoms with Gasteiger partial charge in [0.05, 0.1) is 6.54 Å². The normalized spacial score (nSPS) is 29.4. The van der Waals surface area contributed by atoms with Gasteiger partial charge in [-0.25, -0.2) is 0 Å². The highest BCUT2D eigenvalue weighted by Gasteiger charge is 2.27. The van der Waals surface area contributed by atoms with Crippen LogP contribution >= 0.6 is 0 Å². The van der Waals surface area contributed by atoms with E-state index in [9.17, 15) is 4.79 Å². The summed E-state index contributed by atoms with van der Waals surface area (Å²) in [5.74, 6) is 1.18. The van der Waals surface area contributed by atoms with Crippen molar-refractivity contribution in [3.8, 4) is 0 Å². The molecule has 0 aromatic rings. The first kappa shape index (κ1) is 15.8. The minimum Gasteiger partial charge on any atom is -0.342 e. The summed E-state index contributed by atoms with van der Waals surface area (Å²) in [6.45, 7) is 4.81. The molecule has 0 spiro atoms. The van der Waals surface area contributed by atoms with Crippen molar-refractivity contribution >= 4 is 5.91 Å². The van der Waals surface area contributed by atoms with Gasteiger partial charge in [-0.1, -0.05) is 13.3 Å². The highest BCUT2D eigenvalue weighted by Crippen LogP contribution is 2.29. The summed E-state index contributed by atoms with van der Waals surface area (Å²) in [4.78, 5) is 16.7. The van der Waals surface area contributed by atoms with Crippen LogP contribution in [0.15, 0.2) is 0 Å². The van der Waals surface area contributed by atoms with E-state index >= 15 is 0 Å². The van der Waals surface area contributed by atoms with Crippen LogP contribution in [-0.2, 0) is 4.79 Å². The molecule has 0 bridgehead atoms. The van der Waals surface area contributed by atoms with Crippen LogP contribution < -0.4 is 5.73 Å².